The summed E-state index contributed by atoms with van der Waals surface area (Å²) in [5, 5.41) is 9.30. The predicted octanol–water partition coefficient (Wildman–Crippen LogP) is 6.98. The summed E-state index contributed by atoms with van der Waals surface area (Å²) >= 11 is 0. The molecule has 3 nitrogen and oxygen atoms in total. The molecule has 0 aromatic heterocycles. The normalized spacial score (nSPS) is 12.2. The highest BCUT2D eigenvalue weighted by Crippen LogP contribution is 2.12. The molecule has 0 saturated heterocycles. The van der Waals surface area contributed by atoms with Crippen molar-refractivity contribution in [1.29, 1.82) is 0 Å². The minimum absolute atomic E-state index is 0.174. The third-order valence-electron chi connectivity index (χ3n) is 4.99. The van der Waals surface area contributed by atoms with Crippen LogP contribution in [0.3, 0.4) is 0 Å². The number of aliphatic hydroxyl groups excluding tert-OH is 1. The highest BCUT2D eigenvalue weighted by molar-refractivity contribution is 5.27. The Kier molecular flexibility index (Phi) is 18.9. The molecular formula is C28H47NO2. The third kappa shape index (κ3) is 16.5. The Balaban J connectivity index is 0.000000615. The fourth-order valence-corrected chi connectivity index (χ4v) is 3.02. The summed E-state index contributed by atoms with van der Waals surface area (Å²) in [5.41, 5.74) is 2.44. The van der Waals surface area contributed by atoms with Gasteiger partial charge >= 0.3 is 0 Å². The van der Waals surface area contributed by atoms with E-state index in [2.05, 4.69) is 56.5 Å². The minimum Gasteiger partial charge on any atom is -0.492 e. The first-order valence-corrected chi connectivity index (χ1v) is 12.1. The summed E-state index contributed by atoms with van der Waals surface area (Å²) in [5.74, 6) is 0.986. The van der Waals surface area contributed by atoms with E-state index in [1.165, 1.54) is 31.5 Å². The molecule has 1 rings (SSSR count). The maximum Gasteiger partial charge on any atom is 0.119 e. The van der Waals surface area contributed by atoms with Crippen molar-refractivity contribution in [3.05, 3.63) is 66.3 Å². The van der Waals surface area contributed by atoms with E-state index in [9.17, 15) is 5.11 Å². The molecular weight excluding hydrogens is 382 g/mol. The minimum atomic E-state index is -0.174. The Morgan fingerprint density at radius 3 is 2.19 bits per heavy atom. The molecule has 1 unspecified atom stereocenters. The van der Waals surface area contributed by atoms with Crippen molar-refractivity contribution in [1.82, 2.24) is 4.90 Å². The lowest BCUT2D eigenvalue weighted by Crippen LogP contribution is -2.30. The van der Waals surface area contributed by atoms with Crippen LogP contribution in [-0.4, -0.2) is 42.4 Å². The molecule has 0 fully saturated rings. The zero-order valence-corrected chi connectivity index (χ0v) is 20.8. The zero-order chi connectivity index (χ0) is 23.3. The third-order valence-corrected chi connectivity index (χ3v) is 4.99. The molecule has 1 atom stereocenters. The van der Waals surface area contributed by atoms with E-state index in [1.807, 2.05) is 38.2 Å². The van der Waals surface area contributed by atoms with Crippen molar-refractivity contribution in [3.8, 4) is 5.75 Å². The summed E-state index contributed by atoms with van der Waals surface area (Å²) in [7, 11) is 0. The van der Waals surface area contributed by atoms with Crippen LogP contribution in [0.1, 0.15) is 72.3 Å². The highest BCUT2D eigenvalue weighted by atomic mass is 16.5. The molecule has 0 aliphatic rings. The molecule has 1 N–H and O–H groups in total. The van der Waals surface area contributed by atoms with Gasteiger partial charge in [0.15, 0.2) is 0 Å². The number of benzene rings is 1. The summed E-state index contributed by atoms with van der Waals surface area (Å²) in [4.78, 5) is 2.47. The lowest BCUT2D eigenvalue weighted by molar-refractivity contribution is 0.161. The second-order valence-electron chi connectivity index (χ2n) is 7.83. The van der Waals surface area contributed by atoms with Crippen LogP contribution in [0, 0.1) is 0 Å². The Morgan fingerprint density at radius 1 is 1.03 bits per heavy atom. The molecule has 1 aromatic rings. The van der Waals surface area contributed by atoms with Gasteiger partial charge in [-0.2, -0.15) is 0 Å². The van der Waals surface area contributed by atoms with Crippen molar-refractivity contribution in [2.75, 3.05) is 26.2 Å². The number of nitrogens with zero attached hydrogens (tertiary/aromatic N) is 1. The molecule has 0 aliphatic carbocycles. The molecule has 0 saturated carbocycles. The van der Waals surface area contributed by atoms with E-state index in [0.29, 0.717) is 0 Å². The molecule has 0 aliphatic heterocycles. The number of rotatable bonds is 15. The van der Waals surface area contributed by atoms with Gasteiger partial charge in [0.1, 0.15) is 12.4 Å². The highest BCUT2D eigenvalue weighted by Gasteiger charge is 2.02. The summed E-state index contributed by atoms with van der Waals surface area (Å²) in [6.07, 6.45) is 13.8. The molecule has 0 spiro atoms. The fraction of sp³-hybridized carbons (Fsp3) is 0.571. The van der Waals surface area contributed by atoms with Crippen molar-refractivity contribution in [3.63, 3.8) is 0 Å². The van der Waals surface area contributed by atoms with Crippen LogP contribution >= 0.6 is 0 Å². The predicted molar refractivity (Wildman–Crippen MR) is 137 cm³/mol. The number of ether oxygens (including phenoxy) is 1. The van der Waals surface area contributed by atoms with Crippen LogP contribution < -0.4 is 4.74 Å². The first-order chi connectivity index (χ1) is 15.0. The van der Waals surface area contributed by atoms with E-state index >= 15 is 0 Å². The number of hydrogen-bond acceptors (Lipinski definition) is 3. The van der Waals surface area contributed by atoms with Gasteiger partial charge in [-0.1, -0.05) is 76.3 Å². The average Bonchev–Trinajstić information content (AvgIpc) is 2.79. The molecule has 176 valence electrons. The van der Waals surface area contributed by atoms with Gasteiger partial charge in [0.05, 0.1) is 6.10 Å². The average molecular weight is 430 g/mol. The summed E-state index contributed by atoms with van der Waals surface area (Å²) in [6, 6.07) is 8.43. The van der Waals surface area contributed by atoms with E-state index in [0.717, 1.165) is 50.2 Å². The zero-order valence-electron chi connectivity index (χ0n) is 20.8. The van der Waals surface area contributed by atoms with E-state index in [1.54, 1.807) is 0 Å². The van der Waals surface area contributed by atoms with Crippen LogP contribution in [0.5, 0.6) is 5.75 Å². The van der Waals surface area contributed by atoms with Crippen molar-refractivity contribution in [2.45, 2.75) is 79.2 Å². The Hall–Kier alpha value is -1.84. The Labute approximate surface area is 192 Å². The molecule has 0 heterocycles. The molecule has 0 bridgehead atoms. The van der Waals surface area contributed by atoms with Crippen molar-refractivity contribution < 1.29 is 9.84 Å². The molecule has 0 radical (unpaired) electrons. The fourth-order valence-electron chi connectivity index (χ4n) is 3.02. The lowest BCUT2D eigenvalue weighted by Gasteiger charge is -2.20. The summed E-state index contributed by atoms with van der Waals surface area (Å²) in [6.45, 7) is 18.7. The summed E-state index contributed by atoms with van der Waals surface area (Å²) < 4.78 is 5.79. The largest absolute Gasteiger partial charge is 0.492 e. The van der Waals surface area contributed by atoms with Crippen LogP contribution in [-0.2, 0) is 6.42 Å². The number of hydrogen-bond donors (Lipinski definition) is 1. The van der Waals surface area contributed by atoms with Gasteiger partial charge in [-0.05, 0) is 76.2 Å². The van der Waals surface area contributed by atoms with Crippen LogP contribution in [0.25, 0.3) is 0 Å². The Bertz CT molecular complexity index is 598. The first-order valence-electron chi connectivity index (χ1n) is 12.1. The van der Waals surface area contributed by atoms with Gasteiger partial charge in [-0.25, -0.2) is 0 Å². The number of aliphatic hydroxyl groups is 1. The van der Waals surface area contributed by atoms with Gasteiger partial charge in [0, 0.05) is 6.54 Å². The van der Waals surface area contributed by atoms with Gasteiger partial charge in [0.25, 0.3) is 0 Å². The molecule has 1 aromatic carbocycles. The van der Waals surface area contributed by atoms with Crippen molar-refractivity contribution >= 4 is 0 Å². The van der Waals surface area contributed by atoms with Gasteiger partial charge in [-0.3, -0.25) is 4.90 Å². The van der Waals surface area contributed by atoms with E-state index in [4.69, 9.17) is 4.74 Å². The quantitative estimate of drug-likeness (QED) is 0.305. The maximum atomic E-state index is 9.30. The Morgan fingerprint density at radius 2 is 1.68 bits per heavy atom. The second-order valence-corrected chi connectivity index (χ2v) is 7.83. The monoisotopic (exact) mass is 429 g/mol. The SMILES string of the molecule is C=C(/C=C\C=C/C)CCC(O)CC.CCCN(CCC)CCOc1ccc(CC)cc1. The van der Waals surface area contributed by atoms with E-state index in [-0.39, 0.29) is 6.10 Å². The van der Waals surface area contributed by atoms with Gasteiger partial charge < -0.3 is 9.84 Å². The number of aryl methyl sites for hydroxylation is 1. The smallest absolute Gasteiger partial charge is 0.119 e. The number of allylic oxidation sites excluding steroid dienone is 5. The van der Waals surface area contributed by atoms with E-state index < -0.39 is 0 Å². The van der Waals surface area contributed by atoms with Gasteiger partial charge in [-0.15, -0.1) is 0 Å². The van der Waals surface area contributed by atoms with Crippen LogP contribution in [0.2, 0.25) is 0 Å². The second kappa shape index (κ2) is 20.1. The molecule has 0 amide bonds. The topological polar surface area (TPSA) is 32.7 Å². The maximum absolute atomic E-state index is 9.30. The lowest BCUT2D eigenvalue weighted by atomic mass is 10.1. The van der Waals surface area contributed by atoms with Crippen molar-refractivity contribution in [2.24, 2.45) is 0 Å². The van der Waals surface area contributed by atoms with Crippen LogP contribution in [0.15, 0.2) is 60.7 Å². The molecule has 3 heteroatoms. The first kappa shape index (κ1) is 29.2. The molecule has 31 heavy (non-hydrogen) atoms. The van der Waals surface area contributed by atoms with Crippen LogP contribution in [0.4, 0.5) is 0 Å². The van der Waals surface area contributed by atoms with Gasteiger partial charge in [0.2, 0.25) is 0 Å². The standard InChI is InChI=1S/C16H27NO.C12H20O/c1-4-11-17(12-5-2)13-14-18-16-9-7-15(6-3)8-10-16;1-4-6-7-8-11(3)9-10-12(13)5-2/h7-10H,4-6,11-14H2,1-3H3;4,6-8,12-13H,3,5,9-10H2,1-2H3/b;6-4-,8-7-.